The molecule has 0 heterocycles. The first-order valence-corrected chi connectivity index (χ1v) is 6.02. The van der Waals surface area contributed by atoms with Crippen molar-refractivity contribution in [3.63, 3.8) is 0 Å². The molecule has 0 amide bonds. The third-order valence-corrected chi connectivity index (χ3v) is 2.78. The number of aryl methyl sites for hydroxylation is 1. The van der Waals surface area contributed by atoms with Crippen LogP contribution in [0.5, 0.6) is 5.75 Å². The summed E-state index contributed by atoms with van der Waals surface area (Å²) in [6, 6.07) is 12.7. The van der Waals surface area contributed by atoms with E-state index in [2.05, 4.69) is 0 Å². The molecule has 0 fully saturated rings. The molecule has 0 radical (unpaired) electrons. The van der Waals surface area contributed by atoms with Crippen LogP contribution in [0.1, 0.15) is 21.5 Å². The van der Waals surface area contributed by atoms with Crippen molar-refractivity contribution in [2.45, 2.75) is 6.92 Å². The molecule has 0 N–H and O–H groups in total. The normalized spacial score (nSPS) is 9.85. The third-order valence-electron chi connectivity index (χ3n) is 2.78. The minimum atomic E-state index is -0.497. The van der Waals surface area contributed by atoms with E-state index in [1.54, 1.807) is 36.4 Å². The van der Waals surface area contributed by atoms with Crippen molar-refractivity contribution in [1.29, 1.82) is 5.26 Å². The number of ketones is 1. The maximum absolute atomic E-state index is 13.4. The fourth-order valence-corrected chi connectivity index (χ4v) is 1.68. The minimum absolute atomic E-state index is 0.0620. The molecule has 0 aliphatic heterocycles. The average Bonchev–Trinajstić information content (AvgIpc) is 2.48. The summed E-state index contributed by atoms with van der Waals surface area (Å²) in [7, 11) is 0. The van der Waals surface area contributed by atoms with Crippen LogP contribution in [-0.2, 0) is 0 Å². The molecular formula is C16H12FNO2. The number of carbonyl (C=O) groups is 1. The van der Waals surface area contributed by atoms with Gasteiger partial charge in [0, 0.05) is 5.56 Å². The molecular weight excluding hydrogens is 257 g/mol. The van der Waals surface area contributed by atoms with Crippen LogP contribution >= 0.6 is 0 Å². The van der Waals surface area contributed by atoms with Crippen molar-refractivity contribution < 1.29 is 13.9 Å². The van der Waals surface area contributed by atoms with Crippen LogP contribution in [0.2, 0.25) is 0 Å². The number of hydrogen-bond donors (Lipinski definition) is 0. The summed E-state index contributed by atoms with van der Waals surface area (Å²) in [5.74, 6) is -0.703. The zero-order valence-corrected chi connectivity index (χ0v) is 10.9. The molecule has 2 rings (SSSR count). The van der Waals surface area contributed by atoms with Gasteiger partial charge in [0.1, 0.15) is 0 Å². The Morgan fingerprint density at radius 2 is 1.95 bits per heavy atom. The lowest BCUT2D eigenvalue weighted by Gasteiger charge is -2.07. The first-order valence-electron chi connectivity index (χ1n) is 6.02. The van der Waals surface area contributed by atoms with Gasteiger partial charge in [-0.1, -0.05) is 6.07 Å². The van der Waals surface area contributed by atoms with Gasteiger partial charge in [-0.3, -0.25) is 4.79 Å². The zero-order chi connectivity index (χ0) is 14.5. The monoisotopic (exact) mass is 269 g/mol. The molecule has 2 aromatic carbocycles. The Kier molecular flexibility index (Phi) is 4.11. The Morgan fingerprint density at radius 1 is 1.25 bits per heavy atom. The molecule has 0 saturated heterocycles. The summed E-state index contributed by atoms with van der Waals surface area (Å²) >= 11 is 0. The minimum Gasteiger partial charge on any atom is -0.482 e. The second-order valence-corrected chi connectivity index (χ2v) is 4.33. The largest absolute Gasteiger partial charge is 0.482 e. The van der Waals surface area contributed by atoms with E-state index in [0.29, 0.717) is 11.1 Å². The number of rotatable bonds is 4. The number of hydrogen-bond acceptors (Lipinski definition) is 3. The summed E-state index contributed by atoms with van der Waals surface area (Å²) in [5, 5.41) is 8.67. The molecule has 0 aromatic heterocycles. The number of nitrogens with zero attached hydrogens (tertiary/aromatic N) is 1. The van der Waals surface area contributed by atoms with Gasteiger partial charge in [-0.25, -0.2) is 4.39 Å². The predicted octanol–water partition coefficient (Wildman–Crippen LogP) is 3.27. The molecule has 20 heavy (non-hydrogen) atoms. The van der Waals surface area contributed by atoms with E-state index < -0.39 is 5.82 Å². The van der Waals surface area contributed by atoms with Crippen molar-refractivity contribution in [3.8, 4) is 11.8 Å². The Labute approximate surface area is 116 Å². The van der Waals surface area contributed by atoms with Crippen molar-refractivity contribution in [2.75, 3.05) is 6.61 Å². The van der Waals surface area contributed by atoms with Crippen LogP contribution in [0.3, 0.4) is 0 Å². The van der Waals surface area contributed by atoms with Crippen LogP contribution in [0.15, 0.2) is 42.5 Å². The standard InChI is InChI=1S/C16H12FNO2/c1-11-2-7-14(17)16(8-11)20-10-15(19)13-5-3-12(9-18)4-6-13/h2-8H,10H2,1H3. The van der Waals surface area contributed by atoms with E-state index in [1.807, 2.05) is 13.0 Å². The van der Waals surface area contributed by atoms with Crippen molar-refractivity contribution in [1.82, 2.24) is 0 Å². The van der Waals surface area contributed by atoms with Crippen LogP contribution in [0, 0.1) is 24.1 Å². The smallest absolute Gasteiger partial charge is 0.200 e. The van der Waals surface area contributed by atoms with E-state index in [4.69, 9.17) is 10.00 Å². The van der Waals surface area contributed by atoms with E-state index >= 15 is 0 Å². The van der Waals surface area contributed by atoms with Crippen molar-refractivity contribution in [3.05, 3.63) is 65.0 Å². The molecule has 0 aliphatic rings. The lowest BCUT2D eigenvalue weighted by molar-refractivity contribution is 0.0918. The van der Waals surface area contributed by atoms with Crippen LogP contribution in [-0.4, -0.2) is 12.4 Å². The molecule has 2 aromatic rings. The lowest BCUT2D eigenvalue weighted by Crippen LogP contribution is -2.12. The van der Waals surface area contributed by atoms with Gasteiger partial charge in [-0.15, -0.1) is 0 Å². The van der Waals surface area contributed by atoms with E-state index in [0.717, 1.165) is 5.56 Å². The van der Waals surface area contributed by atoms with Crippen LogP contribution in [0.4, 0.5) is 4.39 Å². The second-order valence-electron chi connectivity index (χ2n) is 4.33. The maximum Gasteiger partial charge on any atom is 0.200 e. The van der Waals surface area contributed by atoms with Crippen molar-refractivity contribution in [2.24, 2.45) is 0 Å². The first kappa shape index (κ1) is 13.8. The van der Waals surface area contributed by atoms with E-state index in [1.165, 1.54) is 6.07 Å². The molecule has 0 saturated carbocycles. The van der Waals surface area contributed by atoms with Gasteiger partial charge >= 0.3 is 0 Å². The van der Waals surface area contributed by atoms with Gasteiger partial charge in [0.15, 0.2) is 24.0 Å². The van der Waals surface area contributed by atoms with Gasteiger partial charge in [0.05, 0.1) is 11.6 Å². The van der Waals surface area contributed by atoms with Crippen molar-refractivity contribution >= 4 is 5.78 Å². The molecule has 4 heteroatoms. The highest BCUT2D eigenvalue weighted by Crippen LogP contribution is 2.18. The summed E-state index contributed by atoms with van der Waals surface area (Å²) in [6.07, 6.45) is 0. The van der Waals surface area contributed by atoms with E-state index in [9.17, 15) is 9.18 Å². The zero-order valence-electron chi connectivity index (χ0n) is 10.9. The first-order chi connectivity index (χ1) is 9.60. The Balaban J connectivity index is 2.04. The second kappa shape index (κ2) is 5.98. The van der Waals surface area contributed by atoms with Gasteiger partial charge in [-0.05, 0) is 48.9 Å². The number of nitriles is 1. The van der Waals surface area contributed by atoms with Gasteiger partial charge in [-0.2, -0.15) is 5.26 Å². The fraction of sp³-hybridized carbons (Fsp3) is 0.125. The maximum atomic E-state index is 13.4. The fourth-order valence-electron chi connectivity index (χ4n) is 1.68. The van der Waals surface area contributed by atoms with Crippen LogP contribution < -0.4 is 4.74 Å². The number of Topliss-reactive ketones (excluding diaryl/α,β-unsaturated/α-hetero) is 1. The highest BCUT2D eigenvalue weighted by atomic mass is 19.1. The van der Waals surface area contributed by atoms with Gasteiger partial charge in [0.2, 0.25) is 0 Å². The number of ether oxygens (including phenoxy) is 1. The number of benzene rings is 2. The summed E-state index contributed by atoms with van der Waals surface area (Å²) in [6.45, 7) is 1.57. The number of carbonyl (C=O) groups excluding carboxylic acids is 1. The molecule has 0 aliphatic carbocycles. The lowest BCUT2D eigenvalue weighted by atomic mass is 10.1. The molecule has 0 atom stereocenters. The van der Waals surface area contributed by atoms with E-state index in [-0.39, 0.29) is 18.1 Å². The number of halogens is 1. The Bertz CT molecular complexity index is 672. The third kappa shape index (κ3) is 3.21. The molecule has 0 bridgehead atoms. The average molecular weight is 269 g/mol. The van der Waals surface area contributed by atoms with Gasteiger partial charge < -0.3 is 4.74 Å². The highest BCUT2D eigenvalue weighted by Gasteiger charge is 2.09. The molecule has 0 unspecified atom stereocenters. The summed E-state index contributed by atoms with van der Waals surface area (Å²) in [5.41, 5.74) is 1.76. The molecule has 100 valence electrons. The Hall–Kier alpha value is -2.67. The quantitative estimate of drug-likeness (QED) is 0.800. The predicted molar refractivity (Wildman–Crippen MR) is 72.1 cm³/mol. The highest BCUT2D eigenvalue weighted by molar-refractivity contribution is 5.97. The Morgan fingerprint density at radius 3 is 2.60 bits per heavy atom. The van der Waals surface area contributed by atoms with Gasteiger partial charge in [0.25, 0.3) is 0 Å². The summed E-state index contributed by atoms with van der Waals surface area (Å²) in [4.78, 5) is 11.9. The molecule has 3 nitrogen and oxygen atoms in total. The van der Waals surface area contributed by atoms with Crippen LogP contribution in [0.25, 0.3) is 0 Å². The SMILES string of the molecule is Cc1ccc(F)c(OCC(=O)c2ccc(C#N)cc2)c1. The summed E-state index contributed by atoms with van der Waals surface area (Å²) < 4.78 is 18.6. The topological polar surface area (TPSA) is 50.1 Å². The molecule has 0 spiro atoms.